The van der Waals surface area contributed by atoms with E-state index in [9.17, 15) is 4.79 Å². The Morgan fingerprint density at radius 1 is 1.22 bits per heavy atom. The van der Waals surface area contributed by atoms with E-state index in [1.165, 1.54) is 19.3 Å². The summed E-state index contributed by atoms with van der Waals surface area (Å²) >= 11 is 5.62. The van der Waals surface area contributed by atoms with E-state index in [0.29, 0.717) is 16.7 Å². The van der Waals surface area contributed by atoms with E-state index < -0.39 is 0 Å². The van der Waals surface area contributed by atoms with Crippen LogP contribution < -0.4 is 4.74 Å². The Labute approximate surface area is 168 Å². The first kappa shape index (κ1) is 19.9. The molecule has 3 rings (SSSR count). The quantitative estimate of drug-likeness (QED) is 0.546. The highest BCUT2D eigenvalue weighted by Gasteiger charge is 2.40. The molecule has 1 aromatic rings. The second kappa shape index (κ2) is 8.01. The maximum absolute atomic E-state index is 13.2. The van der Waals surface area contributed by atoms with E-state index >= 15 is 0 Å². The zero-order valence-electron chi connectivity index (χ0n) is 17.0. The maximum atomic E-state index is 13.2. The number of carbonyl (C=O) groups excluding carboxylic acids is 1. The minimum atomic E-state index is 0.0377. The van der Waals surface area contributed by atoms with Gasteiger partial charge in [-0.15, -0.1) is 0 Å². The monoisotopic (exact) mass is 386 g/mol. The molecule has 1 aliphatic heterocycles. The molecule has 5 heteroatoms. The van der Waals surface area contributed by atoms with Crippen molar-refractivity contribution in [1.29, 1.82) is 0 Å². The number of rotatable bonds is 4. The number of hydrogen-bond acceptors (Lipinski definition) is 3. The number of ether oxygens (including phenoxy) is 1. The fourth-order valence-corrected chi connectivity index (χ4v) is 4.42. The zero-order valence-corrected chi connectivity index (χ0v) is 17.9. The summed E-state index contributed by atoms with van der Waals surface area (Å²) in [6, 6.07) is 4.44. The molecule has 1 saturated heterocycles. The van der Waals surface area contributed by atoms with Gasteiger partial charge in [-0.25, -0.2) is 0 Å². The molecule has 0 atom stereocenters. The van der Waals surface area contributed by atoms with Gasteiger partial charge in [0.2, 0.25) is 0 Å². The van der Waals surface area contributed by atoms with E-state index in [1.807, 2.05) is 22.9 Å². The van der Waals surface area contributed by atoms with Crippen molar-refractivity contribution < 1.29 is 9.53 Å². The van der Waals surface area contributed by atoms with Gasteiger partial charge in [-0.05, 0) is 72.8 Å². The lowest BCUT2D eigenvalue weighted by atomic mass is 9.94. The fraction of sp³-hybridized carbons (Fsp3) is 0.545. The van der Waals surface area contributed by atoms with Crippen molar-refractivity contribution in [3.63, 3.8) is 0 Å². The van der Waals surface area contributed by atoms with Crippen LogP contribution in [-0.4, -0.2) is 41.0 Å². The van der Waals surface area contributed by atoms with Crippen LogP contribution in [0.2, 0.25) is 0 Å². The molecule has 0 radical (unpaired) electrons. The highest BCUT2D eigenvalue weighted by Crippen LogP contribution is 2.33. The summed E-state index contributed by atoms with van der Waals surface area (Å²) in [5.74, 6) is 1.28. The van der Waals surface area contributed by atoms with Crippen LogP contribution in [0.4, 0.5) is 0 Å². The second-order valence-corrected chi connectivity index (χ2v) is 8.31. The van der Waals surface area contributed by atoms with Crippen LogP contribution in [0.5, 0.6) is 5.75 Å². The Morgan fingerprint density at radius 2 is 1.89 bits per heavy atom. The normalized spacial score (nSPS) is 20.3. The number of carbonyl (C=O) groups is 1. The lowest BCUT2D eigenvalue weighted by Crippen LogP contribution is -2.41. The van der Waals surface area contributed by atoms with Crippen molar-refractivity contribution in [2.45, 2.75) is 64.8 Å². The average Bonchev–Trinajstić information content (AvgIpc) is 2.86. The molecule has 0 bridgehead atoms. The molecule has 2 aliphatic rings. The topological polar surface area (TPSA) is 32.8 Å². The van der Waals surface area contributed by atoms with Gasteiger partial charge in [0.15, 0.2) is 5.11 Å². The van der Waals surface area contributed by atoms with E-state index in [-0.39, 0.29) is 11.9 Å². The van der Waals surface area contributed by atoms with Crippen LogP contribution in [0.25, 0.3) is 6.08 Å². The summed E-state index contributed by atoms with van der Waals surface area (Å²) in [5, 5.41) is 0.633. The van der Waals surface area contributed by atoms with E-state index in [0.717, 1.165) is 35.3 Å². The third-order valence-electron chi connectivity index (χ3n) is 5.76. The third kappa shape index (κ3) is 3.75. The van der Waals surface area contributed by atoms with Gasteiger partial charge in [0.1, 0.15) is 11.4 Å². The van der Waals surface area contributed by atoms with E-state index in [4.69, 9.17) is 17.0 Å². The number of likely N-dealkylation sites (N-methyl/N-ethyl adjacent to an activating group) is 1. The molecule has 1 saturated carbocycles. The number of aryl methyl sites for hydroxylation is 1. The predicted molar refractivity (Wildman–Crippen MR) is 114 cm³/mol. The number of nitrogens with zero attached hydrogens (tertiary/aromatic N) is 2. The zero-order chi connectivity index (χ0) is 19.7. The predicted octanol–water partition coefficient (Wildman–Crippen LogP) is 4.86. The van der Waals surface area contributed by atoms with Gasteiger partial charge in [0, 0.05) is 13.1 Å². The molecule has 1 aromatic carbocycles. The van der Waals surface area contributed by atoms with Crippen molar-refractivity contribution in [2.75, 3.05) is 14.2 Å². The Hall–Kier alpha value is -1.88. The molecule has 27 heavy (non-hydrogen) atoms. The van der Waals surface area contributed by atoms with E-state index in [1.54, 1.807) is 7.11 Å². The minimum absolute atomic E-state index is 0.0377. The molecule has 2 fully saturated rings. The summed E-state index contributed by atoms with van der Waals surface area (Å²) in [4.78, 5) is 16.9. The Kier molecular flexibility index (Phi) is 5.89. The first-order valence-electron chi connectivity index (χ1n) is 9.86. The summed E-state index contributed by atoms with van der Waals surface area (Å²) in [7, 11) is 3.60. The van der Waals surface area contributed by atoms with E-state index in [2.05, 4.69) is 32.9 Å². The molecule has 1 amide bonds. The first-order chi connectivity index (χ1) is 12.8. The molecule has 1 heterocycles. The molecular weight excluding hydrogens is 356 g/mol. The van der Waals surface area contributed by atoms with Crippen LogP contribution in [-0.2, 0) is 4.79 Å². The summed E-state index contributed by atoms with van der Waals surface area (Å²) in [6.07, 6.45) is 7.69. The summed E-state index contributed by atoms with van der Waals surface area (Å²) < 4.78 is 5.54. The molecule has 0 aromatic heterocycles. The molecule has 0 spiro atoms. The highest BCUT2D eigenvalue weighted by atomic mass is 32.1. The summed E-state index contributed by atoms with van der Waals surface area (Å²) in [5.41, 5.74) is 3.94. The van der Waals surface area contributed by atoms with Crippen LogP contribution in [0.3, 0.4) is 0 Å². The fourth-order valence-electron chi connectivity index (χ4n) is 4.08. The molecule has 146 valence electrons. The molecule has 1 aliphatic carbocycles. The number of thiocarbonyl (C=S) groups is 1. The Bertz CT molecular complexity index is 779. The second-order valence-electron chi connectivity index (χ2n) is 7.94. The Morgan fingerprint density at radius 3 is 2.48 bits per heavy atom. The van der Waals surface area contributed by atoms with Gasteiger partial charge in [0.05, 0.1) is 7.11 Å². The highest BCUT2D eigenvalue weighted by molar-refractivity contribution is 7.80. The van der Waals surface area contributed by atoms with Crippen molar-refractivity contribution >= 4 is 29.3 Å². The summed E-state index contributed by atoms with van der Waals surface area (Å²) in [6.45, 7) is 6.35. The van der Waals surface area contributed by atoms with Crippen LogP contribution in [0, 0.1) is 6.92 Å². The molecular formula is C22H30N2O2S. The average molecular weight is 387 g/mol. The van der Waals surface area contributed by atoms with Crippen LogP contribution in [0.15, 0.2) is 17.8 Å². The van der Waals surface area contributed by atoms with Gasteiger partial charge in [0.25, 0.3) is 5.91 Å². The maximum Gasteiger partial charge on any atom is 0.277 e. The van der Waals surface area contributed by atoms with Gasteiger partial charge in [-0.2, -0.15) is 0 Å². The van der Waals surface area contributed by atoms with Gasteiger partial charge in [-0.3, -0.25) is 9.69 Å². The minimum Gasteiger partial charge on any atom is -0.496 e. The smallest absolute Gasteiger partial charge is 0.277 e. The molecule has 0 N–H and O–H groups in total. The van der Waals surface area contributed by atoms with Crippen molar-refractivity contribution in [3.05, 3.63) is 34.5 Å². The van der Waals surface area contributed by atoms with Crippen molar-refractivity contribution in [1.82, 2.24) is 9.80 Å². The molecule has 4 nitrogen and oxygen atoms in total. The van der Waals surface area contributed by atoms with Crippen LogP contribution >= 0.6 is 12.2 Å². The van der Waals surface area contributed by atoms with Gasteiger partial charge >= 0.3 is 0 Å². The van der Waals surface area contributed by atoms with Crippen molar-refractivity contribution in [2.24, 2.45) is 0 Å². The lowest BCUT2D eigenvalue weighted by molar-refractivity contribution is -0.124. The number of benzene rings is 1. The standard InChI is InChI=1S/C22H30N2O2S/c1-14(2)18-12-16(15(3)11-20(18)26-5)13-19-21(25)24(22(27)23(19)4)17-9-7-6-8-10-17/h11-14,17H,6-10H2,1-5H3/b19-13-. The first-order valence-corrected chi connectivity index (χ1v) is 10.3. The third-order valence-corrected chi connectivity index (χ3v) is 6.24. The Balaban J connectivity index is 1.98. The molecule has 0 unspecified atom stereocenters. The van der Waals surface area contributed by atoms with Crippen LogP contribution in [0.1, 0.15) is 68.6 Å². The SMILES string of the molecule is COc1cc(C)c(/C=C2/C(=O)N(C3CCCCC3)C(=S)N2C)cc1C(C)C. The van der Waals surface area contributed by atoms with Gasteiger partial charge < -0.3 is 9.64 Å². The lowest BCUT2D eigenvalue weighted by Gasteiger charge is -2.30. The number of hydrogen-bond donors (Lipinski definition) is 0. The number of methoxy groups -OCH3 is 1. The van der Waals surface area contributed by atoms with Gasteiger partial charge in [-0.1, -0.05) is 33.1 Å². The number of amides is 1. The van der Waals surface area contributed by atoms with Crippen molar-refractivity contribution in [3.8, 4) is 5.75 Å². The largest absolute Gasteiger partial charge is 0.496 e.